The highest BCUT2D eigenvalue weighted by Crippen LogP contribution is 2.02. The highest BCUT2D eigenvalue weighted by atomic mass is 16.3. The molecular formula is C6H7NO. The first-order valence-electron chi connectivity index (χ1n) is 2.32. The minimum absolute atomic E-state index is 0.0787. The van der Waals surface area contributed by atoms with Gasteiger partial charge in [0.2, 0.25) is 0 Å². The molecule has 0 fully saturated rings. The number of hydrogen-bond donors (Lipinski definition) is 2. The van der Waals surface area contributed by atoms with Gasteiger partial charge in [0.1, 0.15) is 5.76 Å². The van der Waals surface area contributed by atoms with Gasteiger partial charge in [-0.1, -0.05) is 6.58 Å². The number of aliphatic hydroxyl groups excluding tert-OH is 1. The smallest absolute Gasteiger partial charge is 0.131 e. The van der Waals surface area contributed by atoms with E-state index in [0.29, 0.717) is 5.69 Å². The van der Waals surface area contributed by atoms with Crippen molar-refractivity contribution in [2.45, 2.75) is 0 Å². The van der Waals surface area contributed by atoms with Gasteiger partial charge in [0.15, 0.2) is 0 Å². The summed E-state index contributed by atoms with van der Waals surface area (Å²) in [7, 11) is 0. The molecule has 0 saturated carbocycles. The van der Waals surface area contributed by atoms with Crippen molar-refractivity contribution in [3.8, 4) is 0 Å². The Labute approximate surface area is 47.5 Å². The van der Waals surface area contributed by atoms with Gasteiger partial charge in [0, 0.05) is 6.20 Å². The molecule has 1 heterocycles. The third-order valence-corrected chi connectivity index (χ3v) is 0.909. The van der Waals surface area contributed by atoms with E-state index in [4.69, 9.17) is 5.11 Å². The van der Waals surface area contributed by atoms with Gasteiger partial charge in [0.05, 0.1) is 5.69 Å². The molecule has 0 saturated heterocycles. The minimum Gasteiger partial charge on any atom is -0.506 e. The third kappa shape index (κ3) is 0.729. The Morgan fingerprint density at radius 2 is 2.50 bits per heavy atom. The fraction of sp³-hybridized carbons (Fsp3) is 0. The van der Waals surface area contributed by atoms with Crippen molar-refractivity contribution in [2.24, 2.45) is 0 Å². The predicted octanol–water partition coefficient (Wildman–Crippen LogP) is 1.54. The lowest BCUT2D eigenvalue weighted by atomic mass is 10.4. The van der Waals surface area contributed by atoms with E-state index >= 15 is 0 Å². The summed E-state index contributed by atoms with van der Waals surface area (Å²) in [5, 5.41) is 8.69. The number of aromatic amines is 1. The van der Waals surface area contributed by atoms with Crippen LogP contribution in [-0.4, -0.2) is 10.1 Å². The van der Waals surface area contributed by atoms with E-state index in [-0.39, 0.29) is 5.76 Å². The van der Waals surface area contributed by atoms with Crippen LogP contribution in [0.4, 0.5) is 0 Å². The van der Waals surface area contributed by atoms with Crippen molar-refractivity contribution in [1.82, 2.24) is 4.98 Å². The van der Waals surface area contributed by atoms with Crippen molar-refractivity contribution in [2.75, 3.05) is 0 Å². The summed E-state index contributed by atoms with van der Waals surface area (Å²) < 4.78 is 0. The van der Waals surface area contributed by atoms with E-state index in [1.54, 1.807) is 18.3 Å². The van der Waals surface area contributed by atoms with Gasteiger partial charge < -0.3 is 10.1 Å². The van der Waals surface area contributed by atoms with Crippen LogP contribution in [0, 0.1) is 0 Å². The zero-order valence-electron chi connectivity index (χ0n) is 4.39. The van der Waals surface area contributed by atoms with E-state index in [9.17, 15) is 0 Å². The van der Waals surface area contributed by atoms with Crippen LogP contribution in [0.3, 0.4) is 0 Å². The maximum Gasteiger partial charge on any atom is 0.131 e. The maximum atomic E-state index is 8.69. The molecule has 0 aliphatic rings. The number of rotatable bonds is 1. The second-order valence-electron chi connectivity index (χ2n) is 1.53. The largest absolute Gasteiger partial charge is 0.506 e. The summed E-state index contributed by atoms with van der Waals surface area (Å²) in [5.74, 6) is 0.0787. The van der Waals surface area contributed by atoms with Crippen LogP contribution < -0.4 is 0 Å². The van der Waals surface area contributed by atoms with Crippen LogP contribution in [0.15, 0.2) is 24.9 Å². The lowest BCUT2D eigenvalue weighted by Gasteiger charge is -1.87. The molecule has 2 nitrogen and oxygen atoms in total. The molecule has 0 aromatic carbocycles. The van der Waals surface area contributed by atoms with Gasteiger partial charge in [-0.05, 0) is 12.1 Å². The molecule has 0 spiro atoms. The average molecular weight is 109 g/mol. The molecule has 42 valence electrons. The van der Waals surface area contributed by atoms with Crippen molar-refractivity contribution in [1.29, 1.82) is 0 Å². The summed E-state index contributed by atoms with van der Waals surface area (Å²) in [5.41, 5.74) is 0.671. The summed E-state index contributed by atoms with van der Waals surface area (Å²) >= 11 is 0. The molecule has 0 atom stereocenters. The van der Waals surface area contributed by atoms with Crippen LogP contribution in [-0.2, 0) is 0 Å². The molecule has 0 radical (unpaired) electrons. The number of aromatic nitrogens is 1. The highest BCUT2D eigenvalue weighted by Gasteiger charge is 1.90. The predicted molar refractivity (Wildman–Crippen MR) is 32.5 cm³/mol. The molecule has 0 bridgehead atoms. The lowest BCUT2D eigenvalue weighted by Crippen LogP contribution is -1.76. The van der Waals surface area contributed by atoms with Crippen LogP contribution in [0.5, 0.6) is 0 Å². The summed E-state index contributed by atoms with van der Waals surface area (Å²) in [6, 6.07) is 3.55. The SMILES string of the molecule is C=C(O)c1ccc[nH]1. The molecule has 1 aromatic heterocycles. The van der Waals surface area contributed by atoms with E-state index < -0.39 is 0 Å². The van der Waals surface area contributed by atoms with Crippen LogP contribution >= 0.6 is 0 Å². The summed E-state index contributed by atoms with van der Waals surface area (Å²) in [6.45, 7) is 3.32. The molecule has 0 aliphatic carbocycles. The normalized spacial score (nSPS) is 9.00. The summed E-state index contributed by atoms with van der Waals surface area (Å²) in [6.07, 6.45) is 1.73. The average Bonchev–Trinajstić information content (AvgIpc) is 2.12. The highest BCUT2D eigenvalue weighted by molar-refractivity contribution is 5.51. The topological polar surface area (TPSA) is 36.0 Å². The van der Waals surface area contributed by atoms with Crippen LogP contribution in [0.1, 0.15) is 5.69 Å². The van der Waals surface area contributed by atoms with Gasteiger partial charge in [-0.25, -0.2) is 0 Å². The Bertz CT molecular complexity index is 176. The Hall–Kier alpha value is -1.18. The van der Waals surface area contributed by atoms with Gasteiger partial charge in [-0.3, -0.25) is 0 Å². The summed E-state index contributed by atoms with van der Waals surface area (Å²) in [4.78, 5) is 2.79. The Morgan fingerprint density at radius 3 is 2.75 bits per heavy atom. The monoisotopic (exact) mass is 109 g/mol. The molecule has 8 heavy (non-hydrogen) atoms. The van der Waals surface area contributed by atoms with Gasteiger partial charge in [-0.15, -0.1) is 0 Å². The van der Waals surface area contributed by atoms with E-state index in [1.807, 2.05) is 0 Å². The minimum atomic E-state index is 0.0787. The Morgan fingerprint density at radius 1 is 1.75 bits per heavy atom. The van der Waals surface area contributed by atoms with Gasteiger partial charge in [0.25, 0.3) is 0 Å². The van der Waals surface area contributed by atoms with E-state index in [2.05, 4.69) is 11.6 Å². The van der Waals surface area contributed by atoms with Crippen LogP contribution in [0.25, 0.3) is 5.76 Å². The second kappa shape index (κ2) is 1.74. The first-order chi connectivity index (χ1) is 3.80. The van der Waals surface area contributed by atoms with Gasteiger partial charge >= 0.3 is 0 Å². The molecule has 1 aromatic rings. The number of H-pyrrole nitrogens is 1. The fourth-order valence-corrected chi connectivity index (χ4v) is 0.510. The number of aliphatic hydroxyl groups is 1. The molecule has 1 rings (SSSR count). The Balaban J connectivity index is 2.93. The molecule has 2 N–H and O–H groups in total. The number of hydrogen-bond acceptors (Lipinski definition) is 1. The van der Waals surface area contributed by atoms with Crippen molar-refractivity contribution >= 4 is 5.76 Å². The number of nitrogens with one attached hydrogen (secondary N) is 1. The third-order valence-electron chi connectivity index (χ3n) is 0.909. The fourth-order valence-electron chi connectivity index (χ4n) is 0.510. The molecular weight excluding hydrogens is 102 g/mol. The molecule has 0 unspecified atom stereocenters. The maximum absolute atomic E-state index is 8.69. The Kier molecular flexibility index (Phi) is 1.08. The molecule has 2 heteroatoms. The molecule has 0 amide bonds. The quantitative estimate of drug-likeness (QED) is 0.527. The van der Waals surface area contributed by atoms with Crippen LogP contribution in [0.2, 0.25) is 0 Å². The van der Waals surface area contributed by atoms with Crippen molar-refractivity contribution < 1.29 is 5.11 Å². The first kappa shape index (κ1) is 4.97. The second-order valence-corrected chi connectivity index (χ2v) is 1.53. The first-order valence-corrected chi connectivity index (χ1v) is 2.32. The standard InChI is InChI=1S/C6H7NO/c1-5(8)6-3-2-4-7-6/h2-4,7-8H,1H2. The van der Waals surface area contributed by atoms with Crippen molar-refractivity contribution in [3.63, 3.8) is 0 Å². The zero-order valence-corrected chi connectivity index (χ0v) is 4.39. The lowest BCUT2D eigenvalue weighted by molar-refractivity contribution is 0.511. The van der Waals surface area contributed by atoms with E-state index in [1.165, 1.54) is 0 Å². The zero-order chi connectivity index (χ0) is 5.98. The van der Waals surface area contributed by atoms with E-state index in [0.717, 1.165) is 0 Å². The molecule has 0 aliphatic heterocycles. The van der Waals surface area contributed by atoms with Crippen molar-refractivity contribution in [3.05, 3.63) is 30.6 Å². The van der Waals surface area contributed by atoms with Gasteiger partial charge in [-0.2, -0.15) is 0 Å².